The quantitative estimate of drug-likeness (QED) is 0.562. The summed E-state index contributed by atoms with van der Waals surface area (Å²) in [5.41, 5.74) is -3.58. The second-order valence-corrected chi connectivity index (χ2v) is 5.43. The molecule has 1 aromatic rings. The van der Waals surface area contributed by atoms with E-state index in [0.29, 0.717) is 5.76 Å². The standard InChI is InChI=1S/C13H15F3N2O4S/c1-3-21-10(19)8-9(7-5-4-6(2)22-7)17-11(23)18-12(8,20)13(14,15)16/h4-5,8-9,20H,3H2,1-2H3,(H2,17,18,23)/t8-,9-,12-/m0/s1. The van der Waals surface area contributed by atoms with E-state index in [0.717, 1.165) is 0 Å². The molecule has 128 valence electrons. The summed E-state index contributed by atoms with van der Waals surface area (Å²) in [6.07, 6.45) is -5.17. The summed E-state index contributed by atoms with van der Waals surface area (Å²) >= 11 is 4.74. The number of rotatable bonds is 3. The predicted molar refractivity (Wildman–Crippen MR) is 76.2 cm³/mol. The highest BCUT2D eigenvalue weighted by molar-refractivity contribution is 7.80. The van der Waals surface area contributed by atoms with E-state index in [4.69, 9.17) is 21.4 Å². The molecule has 23 heavy (non-hydrogen) atoms. The third-order valence-corrected chi connectivity index (χ3v) is 3.63. The lowest BCUT2D eigenvalue weighted by Gasteiger charge is -2.44. The Kier molecular flexibility index (Phi) is 4.58. The fourth-order valence-electron chi connectivity index (χ4n) is 2.39. The van der Waals surface area contributed by atoms with Gasteiger partial charge >= 0.3 is 12.1 Å². The van der Waals surface area contributed by atoms with Crippen molar-refractivity contribution in [1.82, 2.24) is 10.6 Å². The molecule has 0 radical (unpaired) electrons. The lowest BCUT2D eigenvalue weighted by atomic mass is 9.84. The van der Waals surface area contributed by atoms with Crippen LogP contribution in [0.3, 0.4) is 0 Å². The number of hydrogen-bond donors (Lipinski definition) is 3. The van der Waals surface area contributed by atoms with E-state index in [2.05, 4.69) is 5.32 Å². The van der Waals surface area contributed by atoms with Crippen LogP contribution in [0.4, 0.5) is 13.2 Å². The van der Waals surface area contributed by atoms with Gasteiger partial charge < -0.3 is 24.9 Å². The van der Waals surface area contributed by atoms with E-state index in [1.165, 1.54) is 19.1 Å². The number of carbonyl (C=O) groups is 1. The summed E-state index contributed by atoms with van der Waals surface area (Å²) in [4.78, 5) is 12.1. The minimum absolute atomic E-state index is 0.0343. The summed E-state index contributed by atoms with van der Waals surface area (Å²) in [6.45, 7) is 2.90. The smallest absolute Gasteiger partial charge is 0.437 e. The molecule has 3 N–H and O–H groups in total. The number of alkyl halides is 3. The van der Waals surface area contributed by atoms with Gasteiger partial charge in [0.1, 0.15) is 23.5 Å². The van der Waals surface area contributed by atoms with E-state index in [1.807, 2.05) is 0 Å². The molecule has 1 aliphatic heterocycles. The van der Waals surface area contributed by atoms with Gasteiger partial charge in [0.25, 0.3) is 5.72 Å². The Morgan fingerprint density at radius 3 is 2.65 bits per heavy atom. The van der Waals surface area contributed by atoms with Crippen LogP contribution in [0.5, 0.6) is 0 Å². The number of furan rings is 1. The first-order valence-electron chi connectivity index (χ1n) is 6.71. The van der Waals surface area contributed by atoms with Crippen LogP contribution in [-0.2, 0) is 9.53 Å². The third-order valence-electron chi connectivity index (χ3n) is 3.41. The van der Waals surface area contributed by atoms with E-state index in [1.54, 1.807) is 12.2 Å². The Morgan fingerprint density at radius 1 is 1.52 bits per heavy atom. The summed E-state index contributed by atoms with van der Waals surface area (Å²) in [7, 11) is 0. The minimum atomic E-state index is -5.17. The molecule has 1 aliphatic rings. The average molecular weight is 352 g/mol. The van der Waals surface area contributed by atoms with Crippen LogP contribution < -0.4 is 10.6 Å². The highest BCUT2D eigenvalue weighted by Crippen LogP contribution is 2.43. The van der Waals surface area contributed by atoms with Gasteiger partial charge in [0.05, 0.1) is 6.61 Å². The first-order chi connectivity index (χ1) is 10.6. The highest BCUT2D eigenvalue weighted by atomic mass is 32.1. The number of carbonyl (C=O) groups excluding carboxylic acids is 1. The van der Waals surface area contributed by atoms with Gasteiger partial charge in [-0.25, -0.2) is 0 Å². The molecule has 6 nitrogen and oxygen atoms in total. The van der Waals surface area contributed by atoms with Crippen LogP contribution in [0, 0.1) is 12.8 Å². The van der Waals surface area contributed by atoms with Crippen LogP contribution in [-0.4, -0.2) is 34.7 Å². The van der Waals surface area contributed by atoms with Crippen LogP contribution in [0.2, 0.25) is 0 Å². The zero-order chi connectivity index (χ0) is 17.4. The van der Waals surface area contributed by atoms with Crippen molar-refractivity contribution in [3.8, 4) is 0 Å². The van der Waals surface area contributed by atoms with Crippen LogP contribution in [0.15, 0.2) is 16.5 Å². The number of thiocarbonyl (C=S) groups is 1. The van der Waals surface area contributed by atoms with E-state index in [-0.39, 0.29) is 12.4 Å². The number of nitrogens with one attached hydrogen (secondary N) is 2. The number of esters is 1. The highest BCUT2D eigenvalue weighted by Gasteiger charge is 2.67. The van der Waals surface area contributed by atoms with Gasteiger partial charge in [-0.3, -0.25) is 4.79 Å². The van der Waals surface area contributed by atoms with Gasteiger partial charge in [0.2, 0.25) is 0 Å². The lowest BCUT2D eigenvalue weighted by molar-refractivity contribution is -0.292. The number of hydrogen-bond acceptors (Lipinski definition) is 5. The van der Waals surface area contributed by atoms with Gasteiger partial charge in [0, 0.05) is 0 Å². The van der Waals surface area contributed by atoms with Crippen molar-refractivity contribution >= 4 is 23.3 Å². The second kappa shape index (κ2) is 6.00. The monoisotopic (exact) mass is 352 g/mol. The van der Waals surface area contributed by atoms with Gasteiger partial charge in [-0.2, -0.15) is 13.2 Å². The molecule has 10 heteroatoms. The number of aryl methyl sites for hydroxylation is 1. The molecule has 0 spiro atoms. The Balaban J connectivity index is 2.53. The zero-order valence-electron chi connectivity index (χ0n) is 12.2. The molecule has 1 aromatic heterocycles. The zero-order valence-corrected chi connectivity index (χ0v) is 13.0. The largest absolute Gasteiger partial charge is 0.466 e. The Labute approximate surface area is 135 Å². The van der Waals surface area contributed by atoms with Crippen LogP contribution in [0.25, 0.3) is 0 Å². The number of aliphatic hydroxyl groups is 1. The molecular weight excluding hydrogens is 337 g/mol. The molecule has 0 aliphatic carbocycles. The minimum Gasteiger partial charge on any atom is -0.466 e. The molecule has 0 bridgehead atoms. The first-order valence-corrected chi connectivity index (χ1v) is 7.11. The molecule has 0 unspecified atom stereocenters. The topological polar surface area (TPSA) is 83.7 Å². The maximum absolute atomic E-state index is 13.4. The van der Waals surface area contributed by atoms with E-state index >= 15 is 0 Å². The van der Waals surface area contributed by atoms with Crippen molar-refractivity contribution in [3.63, 3.8) is 0 Å². The summed E-state index contributed by atoms with van der Waals surface area (Å²) < 4.78 is 50.2. The Bertz CT molecular complexity index is 619. The summed E-state index contributed by atoms with van der Waals surface area (Å²) in [6, 6.07) is 1.60. The van der Waals surface area contributed by atoms with Gasteiger partial charge in [0.15, 0.2) is 5.11 Å². The molecule has 2 rings (SSSR count). The lowest BCUT2D eigenvalue weighted by Crippen LogP contribution is -2.72. The van der Waals surface area contributed by atoms with Crippen molar-refractivity contribution in [2.75, 3.05) is 6.61 Å². The molecule has 0 saturated carbocycles. The van der Waals surface area contributed by atoms with Crippen molar-refractivity contribution in [1.29, 1.82) is 0 Å². The molecular formula is C13H15F3N2O4S. The van der Waals surface area contributed by atoms with Gasteiger partial charge in [-0.1, -0.05) is 0 Å². The van der Waals surface area contributed by atoms with Crippen molar-refractivity contribution < 1.29 is 32.2 Å². The normalized spacial score (nSPS) is 28.0. The molecule has 3 atom stereocenters. The Hall–Kier alpha value is -1.81. The Morgan fingerprint density at radius 2 is 2.17 bits per heavy atom. The van der Waals surface area contributed by atoms with Crippen LogP contribution in [0.1, 0.15) is 24.5 Å². The average Bonchev–Trinajstić information content (AvgIpc) is 2.83. The fraction of sp³-hybridized carbons (Fsp3) is 0.538. The second-order valence-electron chi connectivity index (χ2n) is 5.02. The van der Waals surface area contributed by atoms with Crippen molar-refractivity contribution in [3.05, 3.63) is 23.7 Å². The molecule has 1 saturated heterocycles. The number of halogens is 3. The van der Waals surface area contributed by atoms with Crippen molar-refractivity contribution in [2.45, 2.75) is 31.8 Å². The maximum Gasteiger partial charge on any atom is 0.437 e. The van der Waals surface area contributed by atoms with E-state index in [9.17, 15) is 23.1 Å². The van der Waals surface area contributed by atoms with Crippen molar-refractivity contribution in [2.24, 2.45) is 5.92 Å². The SMILES string of the molecule is CCOC(=O)[C@@H]1[C@H](c2ccc(C)o2)NC(=S)N[C@@]1(O)C(F)(F)F. The third kappa shape index (κ3) is 3.13. The van der Waals surface area contributed by atoms with Gasteiger partial charge in [-0.05, 0) is 38.2 Å². The van der Waals surface area contributed by atoms with E-state index < -0.39 is 34.9 Å². The molecule has 2 heterocycles. The maximum atomic E-state index is 13.4. The summed E-state index contributed by atoms with van der Waals surface area (Å²) in [5, 5.41) is 14.0. The van der Waals surface area contributed by atoms with Gasteiger partial charge in [-0.15, -0.1) is 0 Å². The first kappa shape index (κ1) is 17.5. The molecule has 0 aromatic carbocycles. The number of ether oxygens (including phenoxy) is 1. The molecule has 0 amide bonds. The molecule has 1 fully saturated rings. The van der Waals surface area contributed by atoms with Crippen LogP contribution >= 0.6 is 12.2 Å². The predicted octanol–water partition coefficient (Wildman–Crippen LogP) is 1.54. The fourth-order valence-corrected chi connectivity index (χ4v) is 2.68. The summed E-state index contributed by atoms with van der Waals surface area (Å²) in [5.74, 6) is -2.80.